The molecular formula is C13H16. The van der Waals surface area contributed by atoms with Gasteiger partial charge in [0.25, 0.3) is 0 Å². The fraction of sp³-hybridized carbons (Fsp3) is 0.538. The zero-order valence-electron chi connectivity index (χ0n) is 8.27. The molecule has 0 heteroatoms. The quantitative estimate of drug-likeness (QED) is 0.563. The average Bonchev–Trinajstić information content (AvgIpc) is 2.88. The molecule has 1 fully saturated rings. The number of benzene rings is 1. The van der Waals surface area contributed by atoms with Crippen LogP contribution in [0, 0.1) is 6.92 Å². The van der Waals surface area contributed by atoms with Gasteiger partial charge in [0.15, 0.2) is 0 Å². The van der Waals surface area contributed by atoms with Crippen LogP contribution in [0.15, 0.2) is 18.2 Å². The summed E-state index contributed by atoms with van der Waals surface area (Å²) in [6, 6.07) is 7.05. The number of hydrogen-bond donors (Lipinski definition) is 0. The maximum absolute atomic E-state index is 2.43. The molecule has 1 aromatic carbocycles. The van der Waals surface area contributed by atoms with Crippen molar-refractivity contribution < 1.29 is 0 Å². The molecule has 0 aliphatic heterocycles. The Morgan fingerprint density at radius 3 is 2.77 bits per heavy atom. The summed E-state index contributed by atoms with van der Waals surface area (Å²) in [5, 5.41) is 0. The molecule has 2 aliphatic carbocycles. The van der Waals surface area contributed by atoms with E-state index in [0.717, 1.165) is 0 Å². The summed E-state index contributed by atoms with van der Waals surface area (Å²) in [6.45, 7) is 2.21. The number of fused-ring (bicyclic) bond motifs is 2. The number of rotatable bonds is 0. The van der Waals surface area contributed by atoms with Gasteiger partial charge in [-0.05, 0) is 55.6 Å². The number of aryl methyl sites for hydroxylation is 2. The summed E-state index contributed by atoms with van der Waals surface area (Å²) in [5.41, 5.74) is 5.42. The highest BCUT2D eigenvalue weighted by molar-refractivity contribution is 5.42. The van der Waals surface area contributed by atoms with Gasteiger partial charge in [-0.25, -0.2) is 0 Å². The molecule has 0 atom stereocenters. The lowest BCUT2D eigenvalue weighted by molar-refractivity contribution is 0.541. The largest absolute Gasteiger partial charge is 0.0590 e. The van der Waals surface area contributed by atoms with Crippen molar-refractivity contribution in [1.29, 1.82) is 0 Å². The Bertz CT molecular complexity index is 345. The van der Waals surface area contributed by atoms with Gasteiger partial charge in [0.2, 0.25) is 0 Å². The summed E-state index contributed by atoms with van der Waals surface area (Å²) in [5.74, 6) is 0. The van der Waals surface area contributed by atoms with E-state index < -0.39 is 0 Å². The third-order valence-corrected chi connectivity index (χ3v) is 3.79. The zero-order valence-corrected chi connectivity index (χ0v) is 8.27. The van der Waals surface area contributed by atoms with Gasteiger partial charge in [-0.15, -0.1) is 0 Å². The van der Waals surface area contributed by atoms with Crippen LogP contribution in [0.4, 0.5) is 0 Å². The van der Waals surface area contributed by atoms with E-state index in [1.54, 1.807) is 11.1 Å². The standard InChI is InChI=1S/C13H16/c1-10-4-5-11-3-2-6-13(7-8-13)12(11)9-10/h4-5,9H,2-3,6-8H2,1H3. The van der Waals surface area contributed by atoms with Gasteiger partial charge in [0.05, 0.1) is 0 Å². The first-order valence-corrected chi connectivity index (χ1v) is 5.40. The van der Waals surface area contributed by atoms with E-state index in [0.29, 0.717) is 5.41 Å². The lowest BCUT2D eigenvalue weighted by atomic mass is 9.79. The smallest absolute Gasteiger partial charge is 0.00434 e. The van der Waals surface area contributed by atoms with Crippen LogP contribution in [0.5, 0.6) is 0 Å². The van der Waals surface area contributed by atoms with Crippen molar-refractivity contribution in [3.8, 4) is 0 Å². The van der Waals surface area contributed by atoms with Crippen LogP contribution in [0.25, 0.3) is 0 Å². The highest BCUT2D eigenvalue weighted by Gasteiger charge is 2.46. The molecule has 3 rings (SSSR count). The number of hydrogen-bond acceptors (Lipinski definition) is 0. The van der Waals surface area contributed by atoms with Crippen LogP contribution in [-0.2, 0) is 11.8 Å². The van der Waals surface area contributed by atoms with Crippen molar-refractivity contribution in [2.24, 2.45) is 0 Å². The first kappa shape index (κ1) is 7.61. The van der Waals surface area contributed by atoms with Gasteiger partial charge in [-0.3, -0.25) is 0 Å². The highest BCUT2D eigenvalue weighted by Crippen LogP contribution is 2.55. The minimum absolute atomic E-state index is 0.652. The van der Waals surface area contributed by atoms with Crippen molar-refractivity contribution in [3.05, 3.63) is 34.9 Å². The Hall–Kier alpha value is -0.780. The van der Waals surface area contributed by atoms with Crippen LogP contribution in [0.1, 0.15) is 42.4 Å². The first-order chi connectivity index (χ1) is 6.30. The Kier molecular flexibility index (Phi) is 1.39. The van der Waals surface area contributed by atoms with E-state index in [9.17, 15) is 0 Å². The minimum atomic E-state index is 0.652. The molecule has 1 aromatic rings. The Labute approximate surface area is 80.0 Å². The van der Waals surface area contributed by atoms with Crippen molar-refractivity contribution in [2.45, 2.75) is 44.4 Å². The van der Waals surface area contributed by atoms with E-state index in [2.05, 4.69) is 25.1 Å². The van der Waals surface area contributed by atoms with Gasteiger partial charge in [0.1, 0.15) is 0 Å². The minimum Gasteiger partial charge on any atom is -0.0590 e. The van der Waals surface area contributed by atoms with E-state index in [1.165, 1.54) is 37.7 Å². The van der Waals surface area contributed by atoms with Crippen LogP contribution in [0.2, 0.25) is 0 Å². The second-order valence-corrected chi connectivity index (χ2v) is 4.79. The van der Waals surface area contributed by atoms with Crippen molar-refractivity contribution in [3.63, 3.8) is 0 Å². The van der Waals surface area contributed by atoms with Gasteiger partial charge >= 0.3 is 0 Å². The molecule has 0 amide bonds. The molecule has 0 radical (unpaired) electrons. The molecular weight excluding hydrogens is 156 g/mol. The van der Waals surface area contributed by atoms with Gasteiger partial charge < -0.3 is 0 Å². The van der Waals surface area contributed by atoms with Crippen LogP contribution >= 0.6 is 0 Å². The molecule has 2 aliphatic rings. The molecule has 13 heavy (non-hydrogen) atoms. The Morgan fingerprint density at radius 1 is 1.15 bits per heavy atom. The molecule has 0 saturated heterocycles. The van der Waals surface area contributed by atoms with Gasteiger partial charge in [-0.1, -0.05) is 23.8 Å². The predicted molar refractivity (Wildman–Crippen MR) is 55.0 cm³/mol. The Balaban J connectivity index is 2.16. The van der Waals surface area contributed by atoms with Crippen molar-refractivity contribution in [2.75, 3.05) is 0 Å². The molecule has 0 unspecified atom stereocenters. The highest BCUT2D eigenvalue weighted by atomic mass is 14.5. The van der Waals surface area contributed by atoms with Gasteiger partial charge in [-0.2, -0.15) is 0 Å². The summed E-state index contributed by atoms with van der Waals surface area (Å²) in [7, 11) is 0. The molecule has 68 valence electrons. The van der Waals surface area contributed by atoms with E-state index in [-0.39, 0.29) is 0 Å². The summed E-state index contributed by atoms with van der Waals surface area (Å²) in [6.07, 6.45) is 7.07. The second-order valence-electron chi connectivity index (χ2n) is 4.79. The maximum Gasteiger partial charge on any atom is -0.00434 e. The van der Waals surface area contributed by atoms with E-state index >= 15 is 0 Å². The summed E-state index contributed by atoms with van der Waals surface area (Å²) in [4.78, 5) is 0. The third-order valence-electron chi connectivity index (χ3n) is 3.79. The monoisotopic (exact) mass is 172 g/mol. The van der Waals surface area contributed by atoms with E-state index in [1.807, 2.05) is 0 Å². The van der Waals surface area contributed by atoms with Crippen molar-refractivity contribution in [1.82, 2.24) is 0 Å². The Morgan fingerprint density at radius 2 is 2.00 bits per heavy atom. The molecule has 1 saturated carbocycles. The van der Waals surface area contributed by atoms with E-state index in [4.69, 9.17) is 0 Å². The topological polar surface area (TPSA) is 0 Å². The zero-order chi connectivity index (χ0) is 8.89. The lowest BCUT2D eigenvalue weighted by Gasteiger charge is -2.25. The molecule has 0 aromatic heterocycles. The average molecular weight is 172 g/mol. The third kappa shape index (κ3) is 1.04. The lowest BCUT2D eigenvalue weighted by Crippen LogP contribution is -2.15. The van der Waals surface area contributed by atoms with Crippen LogP contribution in [-0.4, -0.2) is 0 Å². The maximum atomic E-state index is 2.43. The fourth-order valence-corrected chi connectivity index (χ4v) is 2.82. The molecule has 0 bridgehead atoms. The second kappa shape index (κ2) is 2.37. The molecule has 1 spiro atoms. The molecule has 0 nitrogen and oxygen atoms in total. The summed E-state index contributed by atoms with van der Waals surface area (Å²) < 4.78 is 0. The normalized spacial score (nSPS) is 22.8. The summed E-state index contributed by atoms with van der Waals surface area (Å²) >= 11 is 0. The van der Waals surface area contributed by atoms with Gasteiger partial charge in [0, 0.05) is 0 Å². The fourth-order valence-electron chi connectivity index (χ4n) is 2.82. The SMILES string of the molecule is Cc1ccc2c(c1)C1(CCC2)CC1. The first-order valence-electron chi connectivity index (χ1n) is 5.40. The van der Waals surface area contributed by atoms with Crippen LogP contribution < -0.4 is 0 Å². The molecule has 0 heterocycles. The van der Waals surface area contributed by atoms with Crippen LogP contribution in [0.3, 0.4) is 0 Å². The predicted octanol–water partition coefficient (Wildman–Crippen LogP) is 3.36. The molecule has 0 N–H and O–H groups in total. The van der Waals surface area contributed by atoms with Crippen molar-refractivity contribution >= 4 is 0 Å².